The van der Waals surface area contributed by atoms with Crippen LogP contribution in [0.3, 0.4) is 0 Å². The minimum atomic E-state index is -0.201. The molecule has 2 rings (SSSR count). The molecular weight excluding hydrogens is 295 g/mol. The van der Waals surface area contributed by atoms with Crippen molar-refractivity contribution in [3.63, 3.8) is 0 Å². The first kappa shape index (κ1) is 13.9. The third-order valence-electron chi connectivity index (χ3n) is 3.87. The van der Waals surface area contributed by atoms with E-state index in [9.17, 15) is 4.39 Å². The van der Waals surface area contributed by atoms with Crippen LogP contribution in [0.2, 0.25) is 0 Å². The average Bonchev–Trinajstić information content (AvgIpc) is 2.39. The van der Waals surface area contributed by atoms with Crippen molar-refractivity contribution in [2.75, 3.05) is 11.9 Å². The molecule has 1 aromatic rings. The second-order valence-electron chi connectivity index (χ2n) is 5.39. The standard InChI is InChI=1S/C15H20BrFO/c1-12-9-13(17)5-6-14(12)18-11-15(10-16)7-3-2-4-8-15/h5-6,9H,2-4,7-8,10-11H2,1H3. The first-order valence-electron chi connectivity index (χ1n) is 6.60. The molecule has 1 aromatic carbocycles. The van der Waals surface area contributed by atoms with E-state index < -0.39 is 0 Å². The maximum atomic E-state index is 13.0. The number of rotatable bonds is 4. The fourth-order valence-electron chi connectivity index (χ4n) is 2.62. The van der Waals surface area contributed by atoms with E-state index in [-0.39, 0.29) is 11.2 Å². The number of halogens is 2. The summed E-state index contributed by atoms with van der Waals surface area (Å²) in [7, 11) is 0. The van der Waals surface area contributed by atoms with Crippen LogP contribution < -0.4 is 4.74 Å². The number of hydrogen-bond donors (Lipinski definition) is 0. The van der Waals surface area contributed by atoms with Crippen LogP contribution in [0.15, 0.2) is 18.2 Å². The van der Waals surface area contributed by atoms with Gasteiger partial charge >= 0.3 is 0 Å². The van der Waals surface area contributed by atoms with Crippen LogP contribution in [0.4, 0.5) is 4.39 Å². The Bertz CT molecular complexity index is 399. The van der Waals surface area contributed by atoms with E-state index in [4.69, 9.17) is 4.74 Å². The minimum Gasteiger partial charge on any atom is -0.493 e. The molecule has 0 heterocycles. The molecule has 1 aliphatic carbocycles. The Morgan fingerprint density at radius 2 is 2.00 bits per heavy atom. The van der Waals surface area contributed by atoms with E-state index in [1.165, 1.54) is 44.2 Å². The normalized spacial score (nSPS) is 18.6. The predicted octanol–water partition coefficient (Wildman–Crippen LogP) is 4.86. The van der Waals surface area contributed by atoms with E-state index in [2.05, 4.69) is 15.9 Å². The summed E-state index contributed by atoms with van der Waals surface area (Å²) < 4.78 is 18.9. The van der Waals surface area contributed by atoms with Gasteiger partial charge in [-0.05, 0) is 43.5 Å². The van der Waals surface area contributed by atoms with Crippen LogP contribution >= 0.6 is 15.9 Å². The third kappa shape index (κ3) is 3.25. The largest absolute Gasteiger partial charge is 0.493 e. The van der Waals surface area contributed by atoms with Gasteiger partial charge in [0.05, 0.1) is 6.61 Å². The molecule has 0 atom stereocenters. The smallest absolute Gasteiger partial charge is 0.123 e. The maximum absolute atomic E-state index is 13.0. The Morgan fingerprint density at radius 3 is 2.61 bits per heavy atom. The summed E-state index contributed by atoms with van der Waals surface area (Å²) in [6.07, 6.45) is 6.36. The highest BCUT2D eigenvalue weighted by Gasteiger charge is 2.31. The molecule has 0 aliphatic heterocycles. The van der Waals surface area contributed by atoms with Gasteiger partial charge in [-0.1, -0.05) is 35.2 Å². The Hall–Kier alpha value is -0.570. The van der Waals surface area contributed by atoms with E-state index in [0.29, 0.717) is 0 Å². The minimum absolute atomic E-state index is 0.201. The van der Waals surface area contributed by atoms with Gasteiger partial charge in [0, 0.05) is 10.7 Å². The van der Waals surface area contributed by atoms with Crippen molar-refractivity contribution in [1.29, 1.82) is 0 Å². The van der Waals surface area contributed by atoms with Crippen molar-refractivity contribution in [1.82, 2.24) is 0 Å². The predicted molar refractivity (Wildman–Crippen MR) is 75.9 cm³/mol. The molecular formula is C15H20BrFO. The van der Waals surface area contributed by atoms with Crippen molar-refractivity contribution < 1.29 is 9.13 Å². The van der Waals surface area contributed by atoms with Crippen LogP contribution in [0.5, 0.6) is 5.75 Å². The van der Waals surface area contributed by atoms with Gasteiger partial charge in [0.25, 0.3) is 0 Å². The lowest BCUT2D eigenvalue weighted by Crippen LogP contribution is -2.32. The van der Waals surface area contributed by atoms with Crippen LogP contribution in [0, 0.1) is 18.2 Å². The molecule has 0 aromatic heterocycles. The van der Waals surface area contributed by atoms with Crippen molar-refractivity contribution in [2.45, 2.75) is 39.0 Å². The Morgan fingerprint density at radius 1 is 1.28 bits per heavy atom. The van der Waals surface area contributed by atoms with Gasteiger partial charge in [-0.15, -0.1) is 0 Å². The molecule has 1 nitrogen and oxygen atoms in total. The summed E-state index contributed by atoms with van der Waals surface area (Å²) in [5.74, 6) is 0.606. The molecule has 1 saturated carbocycles. The van der Waals surface area contributed by atoms with Gasteiger partial charge in [-0.3, -0.25) is 0 Å². The molecule has 0 radical (unpaired) electrons. The first-order chi connectivity index (χ1) is 8.65. The molecule has 0 N–H and O–H groups in total. The molecule has 0 amide bonds. The molecule has 0 bridgehead atoms. The lowest BCUT2D eigenvalue weighted by atomic mass is 9.76. The quantitative estimate of drug-likeness (QED) is 0.721. The van der Waals surface area contributed by atoms with Crippen molar-refractivity contribution >= 4 is 15.9 Å². The molecule has 0 unspecified atom stereocenters. The first-order valence-corrected chi connectivity index (χ1v) is 7.72. The summed E-state index contributed by atoms with van der Waals surface area (Å²) in [5.41, 5.74) is 1.13. The lowest BCUT2D eigenvalue weighted by molar-refractivity contribution is 0.121. The number of alkyl halides is 1. The summed E-state index contributed by atoms with van der Waals surface area (Å²) in [6, 6.07) is 4.72. The molecule has 1 fully saturated rings. The second kappa shape index (κ2) is 6.05. The number of ether oxygens (including phenoxy) is 1. The van der Waals surface area contributed by atoms with Crippen LogP contribution in [0.25, 0.3) is 0 Å². The summed E-state index contributed by atoms with van der Waals surface area (Å²) in [4.78, 5) is 0. The fraction of sp³-hybridized carbons (Fsp3) is 0.600. The molecule has 1 aliphatic rings. The zero-order chi connectivity index (χ0) is 13.0. The topological polar surface area (TPSA) is 9.23 Å². The molecule has 100 valence electrons. The van der Waals surface area contributed by atoms with E-state index in [1.54, 1.807) is 6.07 Å². The van der Waals surface area contributed by atoms with Gasteiger partial charge in [0.2, 0.25) is 0 Å². The van der Waals surface area contributed by atoms with E-state index in [0.717, 1.165) is 23.2 Å². The molecule has 18 heavy (non-hydrogen) atoms. The molecule has 0 spiro atoms. The highest BCUT2D eigenvalue weighted by atomic mass is 79.9. The van der Waals surface area contributed by atoms with Gasteiger partial charge in [-0.2, -0.15) is 0 Å². The fourth-order valence-corrected chi connectivity index (χ4v) is 3.35. The molecule has 3 heteroatoms. The zero-order valence-electron chi connectivity index (χ0n) is 10.8. The van der Waals surface area contributed by atoms with E-state index >= 15 is 0 Å². The van der Waals surface area contributed by atoms with Crippen LogP contribution in [-0.2, 0) is 0 Å². The second-order valence-corrected chi connectivity index (χ2v) is 5.95. The average molecular weight is 315 g/mol. The lowest BCUT2D eigenvalue weighted by Gasteiger charge is -2.35. The Balaban J connectivity index is 2.01. The summed E-state index contributed by atoms with van der Waals surface area (Å²) in [5, 5.41) is 0.986. The number of aryl methyl sites for hydroxylation is 1. The van der Waals surface area contributed by atoms with Gasteiger partial charge in [0.1, 0.15) is 11.6 Å². The number of hydrogen-bond acceptors (Lipinski definition) is 1. The van der Waals surface area contributed by atoms with Crippen LogP contribution in [-0.4, -0.2) is 11.9 Å². The summed E-state index contributed by atoms with van der Waals surface area (Å²) >= 11 is 3.63. The van der Waals surface area contributed by atoms with Gasteiger partial charge in [0.15, 0.2) is 0 Å². The van der Waals surface area contributed by atoms with E-state index in [1.807, 2.05) is 6.92 Å². The highest BCUT2D eigenvalue weighted by molar-refractivity contribution is 9.09. The van der Waals surface area contributed by atoms with Gasteiger partial charge < -0.3 is 4.74 Å². The molecule has 0 saturated heterocycles. The van der Waals surface area contributed by atoms with Crippen LogP contribution in [0.1, 0.15) is 37.7 Å². The monoisotopic (exact) mass is 314 g/mol. The maximum Gasteiger partial charge on any atom is 0.123 e. The van der Waals surface area contributed by atoms with Gasteiger partial charge in [-0.25, -0.2) is 4.39 Å². The highest BCUT2D eigenvalue weighted by Crippen LogP contribution is 2.38. The number of benzene rings is 1. The van der Waals surface area contributed by atoms with Crippen molar-refractivity contribution in [3.05, 3.63) is 29.6 Å². The summed E-state index contributed by atoms with van der Waals surface area (Å²) in [6.45, 7) is 2.62. The zero-order valence-corrected chi connectivity index (χ0v) is 12.4. The third-order valence-corrected chi connectivity index (χ3v) is 5.06. The Labute approximate surface area is 117 Å². The van der Waals surface area contributed by atoms with Crippen molar-refractivity contribution in [2.24, 2.45) is 5.41 Å². The SMILES string of the molecule is Cc1cc(F)ccc1OCC1(CBr)CCCCC1. The Kier molecular flexibility index (Phi) is 4.66. The van der Waals surface area contributed by atoms with Crippen molar-refractivity contribution in [3.8, 4) is 5.75 Å².